The van der Waals surface area contributed by atoms with E-state index in [9.17, 15) is 4.79 Å². The lowest BCUT2D eigenvalue weighted by atomic mass is 10.2. The van der Waals surface area contributed by atoms with Crippen LogP contribution >= 0.6 is 27.5 Å². The van der Waals surface area contributed by atoms with Gasteiger partial charge < -0.3 is 0 Å². The molecule has 1 heterocycles. The minimum absolute atomic E-state index is 0.383. The van der Waals surface area contributed by atoms with E-state index in [0.717, 1.165) is 6.29 Å². The Hall–Kier alpha value is -0.410. The normalized spacial score (nSPS) is 9.73. The van der Waals surface area contributed by atoms with Gasteiger partial charge in [-0.05, 0) is 28.9 Å². The molecular formula is C7H5BrClNO. The molecule has 0 saturated carbocycles. The lowest BCUT2D eigenvalue weighted by Crippen LogP contribution is -1.91. The van der Waals surface area contributed by atoms with Crippen LogP contribution in [0.5, 0.6) is 0 Å². The molecular weight excluding hydrogens is 229 g/mol. The molecule has 0 spiro atoms. The maximum absolute atomic E-state index is 10.4. The number of carbonyl (C=O) groups is 1. The molecule has 0 bridgehead atoms. The van der Waals surface area contributed by atoms with E-state index < -0.39 is 0 Å². The number of carbonyl (C=O) groups excluding carboxylic acids is 1. The molecule has 4 heteroatoms. The second-order valence-corrected chi connectivity index (χ2v) is 3.27. The molecule has 2 nitrogen and oxygen atoms in total. The van der Waals surface area contributed by atoms with Crippen LogP contribution in [0.25, 0.3) is 0 Å². The molecule has 0 fully saturated rings. The molecule has 0 aliphatic carbocycles. The number of aryl methyl sites for hydroxylation is 1. The summed E-state index contributed by atoms with van der Waals surface area (Å²) in [6.07, 6.45) is 0.753. The smallest absolute Gasteiger partial charge is 0.151 e. The van der Waals surface area contributed by atoms with Crippen molar-refractivity contribution in [1.29, 1.82) is 0 Å². The highest BCUT2D eigenvalue weighted by atomic mass is 79.9. The fourth-order valence-electron chi connectivity index (χ4n) is 0.685. The monoisotopic (exact) mass is 233 g/mol. The van der Waals surface area contributed by atoms with Crippen molar-refractivity contribution in [3.63, 3.8) is 0 Å². The van der Waals surface area contributed by atoms with E-state index in [2.05, 4.69) is 20.9 Å². The van der Waals surface area contributed by atoms with Crippen molar-refractivity contribution in [3.8, 4) is 0 Å². The molecule has 0 amide bonds. The van der Waals surface area contributed by atoms with Crippen molar-refractivity contribution in [2.45, 2.75) is 6.92 Å². The minimum Gasteiger partial charge on any atom is -0.298 e. The number of halogens is 2. The summed E-state index contributed by atoms with van der Waals surface area (Å²) >= 11 is 8.84. The lowest BCUT2D eigenvalue weighted by molar-refractivity contribution is 0.112. The van der Waals surface area contributed by atoms with Crippen molar-refractivity contribution in [1.82, 2.24) is 4.98 Å². The summed E-state index contributed by atoms with van der Waals surface area (Å²) < 4.78 is 0.645. The van der Waals surface area contributed by atoms with Crippen LogP contribution in [0.1, 0.15) is 16.1 Å². The Morgan fingerprint density at radius 3 is 2.91 bits per heavy atom. The average molecular weight is 234 g/mol. The number of pyridine rings is 1. The number of aromatic nitrogens is 1. The van der Waals surface area contributed by atoms with Gasteiger partial charge in [-0.25, -0.2) is 4.98 Å². The van der Waals surface area contributed by atoms with E-state index in [0.29, 0.717) is 20.9 Å². The summed E-state index contributed by atoms with van der Waals surface area (Å²) in [5.41, 5.74) is 1.20. The Morgan fingerprint density at radius 2 is 2.36 bits per heavy atom. The Kier molecular flexibility index (Phi) is 2.62. The van der Waals surface area contributed by atoms with Gasteiger partial charge in [-0.3, -0.25) is 4.79 Å². The molecule has 0 aliphatic rings. The molecule has 1 aromatic heterocycles. The second-order valence-electron chi connectivity index (χ2n) is 2.05. The van der Waals surface area contributed by atoms with Crippen molar-refractivity contribution in [3.05, 3.63) is 26.9 Å². The summed E-state index contributed by atoms with van der Waals surface area (Å²) in [6, 6.07) is 1.65. The second kappa shape index (κ2) is 3.32. The van der Waals surface area contributed by atoms with Crippen LogP contribution in [0, 0.1) is 6.92 Å². The van der Waals surface area contributed by atoms with Gasteiger partial charge in [-0.15, -0.1) is 0 Å². The molecule has 1 aromatic rings. The van der Waals surface area contributed by atoms with E-state index in [-0.39, 0.29) is 0 Å². The van der Waals surface area contributed by atoms with Crippen molar-refractivity contribution in [2.24, 2.45) is 0 Å². The minimum atomic E-state index is 0.383. The summed E-state index contributed by atoms with van der Waals surface area (Å²) in [7, 11) is 0. The number of rotatable bonds is 1. The van der Waals surface area contributed by atoms with Gasteiger partial charge >= 0.3 is 0 Å². The fraction of sp³-hybridized carbons (Fsp3) is 0.143. The first-order chi connectivity index (χ1) is 5.15. The molecule has 0 atom stereocenters. The van der Waals surface area contributed by atoms with E-state index in [1.807, 2.05) is 0 Å². The maximum Gasteiger partial charge on any atom is 0.151 e. The third kappa shape index (κ3) is 1.79. The highest BCUT2D eigenvalue weighted by molar-refractivity contribution is 9.10. The predicted octanol–water partition coefficient (Wildman–Crippen LogP) is 2.62. The molecule has 11 heavy (non-hydrogen) atoms. The van der Waals surface area contributed by atoms with Gasteiger partial charge in [-0.1, -0.05) is 11.6 Å². The maximum atomic E-state index is 10.4. The molecule has 0 radical (unpaired) electrons. The van der Waals surface area contributed by atoms with Crippen LogP contribution in [-0.4, -0.2) is 11.3 Å². The first-order valence-corrected chi connectivity index (χ1v) is 4.10. The fourth-order valence-corrected chi connectivity index (χ4v) is 1.20. The highest BCUT2D eigenvalue weighted by Gasteiger charge is 2.03. The zero-order valence-corrected chi connectivity index (χ0v) is 8.11. The number of hydrogen-bond donors (Lipinski definition) is 0. The Balaban J connectivity index is 3.31. The summed E-state index contributed by atoms with van der Waals surface area (Å²) in [5, 5.41) is 0.383. The molecule has 0 N–H and O–H groups in total. The van der Waals surface area contributed by atoms with Crippen LogP contribution in [-0.2, 0) is 0 Å². The van der Waals surface area contributed by atoms with Crippen LogP contribution in [0.2, 0.25) is 5.15 Å². The van der Waals surface area contributed by atoms with Crippen LogP contribution in [0.4, 0.5) is 0 Å². The Morgan fingerprint density at radius 1 is 1.73 bits per heavy atom. The molecule has 0 saturated heterocycles. The lowest BCUT2D eigenvalue weighted by Gasteiger charge is -1.99. The van der Waals surface area contributed by atoms with Gasteiger partial charge in [0.05, 0.1) is 4.47 Å². The van der Waals surface area contributed by atoms with Crippen LogP contribution in [0.15, 0.2) is 10.5 Å². The summed E-state index contributed by atoms with van der Waals surface area (Å²) in [6.45, 7) is 1.74. The summed E-state index contributed by atoms with van der Waals surface area (Å²) in [5.74, 6) is 0. The third-order valence-electron chi connectivity index (χ3n) is 1.29. The van der Waals surface area contributed by atoms with Gasteiger partial charge in [0.2, 0.25) is 0 Å². The number of aldehydes is 1. The van der Waals surface area contributed by atoms with Crippen LogP contribution < -0.4 is 0 Å². The number of hydrogen-bond acceptors (Lipinski definition) is 2. The standard InChI is InChI=1S/C7H5BrClNO/c1-4-5(3-11)2-6(8)7(9)10-4/h2-3H,1H3. The van der Waals surface area contributed by atoms with Crippen molar-refractivity contribution < 1.29 is 4.79 Å². The van der Waals surface area contributed by atoms with Gasteiger partial charge in [-0.2, -0.15) is 0 Å². The zero-order chi connectivity index (χ0) is 8.43. The zero-order valence-electron chi connectivity index (χ0n) is 5.77. The van der Waals surface area contributed by atoms with E-state index >= 15 is 0 Å². The SMILES string of the molecule is Cc1nc(Cl)c(Br)cc1C=O. The van der Waals surface area contributed by atoms with Crippen LogP contribution in [0.3, 0.4) is 0 Å². The van der Waals surface area contributed by atoms with Gasteiger partial charge in [0.1, 0.15) is 5.15 Å². The Labute approximate surface area is 77.7 Å². The topological polar surface area (TPSA) is 30.0 Å². The predicted molar refractivity (Wildman–Crippen MR) is 47.1 cm³/mol. The molecule has 1 rings (SSSR count). The van der Waals surface area contributed by atoms with Crippen molar-refractivity contribution >= 4 is 33.8 Å². The Bertz CT molecular complexity index is 301. The molecule has 58 valence electrons. The molecule has 0 aliphatic heterocycles. The number of nitrogens with zero attached hydrogens (tertiary/aromatic N) is 1. The summed E-state index contributed by atoms with van der Waals surface area (Å²) in [4.78, 5) is 14.3. The first-order valence-electron chi connectivity index (χ1n) is 2.93. The average Bonchev–Trinajstić information content (AvgIpc) is 1.97. The van der Waals surface area contributed by atoms with Gasteiger partial charge in [0.25, 0.3) is 0 Å². The molecule has 0 aromatic carbocycles. The van der Waals surface area contributed by atoms with Crippen molar-refractivity contribution in [2.75, 3.05) is 0 Å². The van der Waals surface area contributed by atoms with E-state index in [1.54, 1.807) is 13.0 Å². The van der Waals surface area contributed by atoms with E-state index in [4.69, 9.17) is 11.6 Å². The quantitative estimate of drug-likeness (QED) is 0.552. The third-order valence-corrected chi connectivity index (χ3v) is 2.41. The van der Waals surface area contributed by atoms with Gasteiger partial charge in [0, 0.05) is 11.3 Å². The molecule has 0 unspecified atom stereocenters. The highest BCUT2D eigenvalue weighted by Crippen LogP contribution is 2.21. The largest absolute Gasteiger partial charge is 0.298 e. The van der Waals surface area contributed by atoms with E-state index in [1.165, 1.54) is 0 Å². The van der Waals surface area contributed by atoms with Gasteiger partial charge in [0.15, 0.2) is 6.29 Å². The first kappa shape index (κ1) is 8.68.